The van der Waals surface area contributed by atoms with Gasteiger partial charge in [0.1, 0.15) is 12.4 Å². The second kappa shape index (κ2) is 4.67. The molecule has 0 saturated heterocycles. The fourth-order valence-corrected chi connectivity index (χ4v) is 1.95. The fraction of sp³-hybridized carbons (Fsp3) is 0.538. The minimum absolute atomic E-state index is 0.349. The molecule has 0 heterocycles. The summed E-state index contributed by atoms with van der Waals surface area (Å²) >= 11 is 0. The maximum absolute atomic E-state index is 9.39. The lowest BCUT2D eigenvalue weighted by molar-refractivity contribution is 0.104. The molecule has 0 fully saturated rings. The van der Waals surface area contributed by atoms with Gasteiger partial charge in [-0.1, -0.05) is 13.0 Å². The van der Waals surface area contributed by atoms with E-state index in [4.69, 9.17) is 4.74 Å². The number of aliphatic hydroxyl groups excluding tert-OH is 1. The van der Waals surface area contributed by atoms with E-state index >= 15 is 0 Å². The van der Waals surface area contributed by atoms with Crippen LogP contribution in [0.25, 0.3) is 0 Å². The molecular formula is C13H18O2. The van der Waals surface area contributed by atoms with Gasteiger partial charge in [0.25, 0.3) is 0 Å². The summed E-state index contributed by atoms with van der Waals surface area (Å²) in [6, 6.07) is 6.27. The van der Waals surface area contributed by atoms with Crippen LogP contribution in [0.2, 0.25) is 0 Å². The highest BCUT2D eigenvalue weighted by atomic mass is 16.5. The molecule has 82 valence electrons. The van der Waals surface area contributed by atoms with Crippen molar-refractivity contribution in [2.45, 2.75) is 38.7 Å². The Balaban J connectivity index is 1.98. The lowest BCUT2D eigenvalue weighted by atomic mass is 10.1. The zero-order chi connectivity index (χ0) is 10.7. The molecule has 15 heavy (non-hydrogen) atoms. The molecule has 0 radical (unpaired) electrons. The summed E-state index contributed by atoms with van der Waals surface area (Å²) in [4.78, 5) is 0. The van der Waals surface area contributed by atoms with Gasteiger partial charge in [-0.3, -0.25) is 0 Å². The first-order chi connectivity index (χ1) is 7.29. The molecule has 1 aliphatic rings. The highest BCUT2D eigenvalue weighted by Gasteiger charge is 2.11. The SMILES string of the molecule is CCC(O)COc1ccc2c(c1)CCC2. The zero-order valence-corrected chi connectivity index (χ0v) is 9.20. The Kier molecular flexibility index (Phi) is 3.27. The van der Waals surface area contributed by atoms with E-state index in [0.717, 1.165) is 12.2 Å². The third-order valence-electron chi connectivity index (χ3n) is 2.98. The van der Waals surface area contributed by atoms with E-state index in [9.17, 15) is 5.11 Å². The van der Waals surface area contributed by atoms with Gasteiger partial charge in [-0.25, -0.2) is 0 Å². The van der Waals surface area contributed by atoms with Crippen LogP contribution < -0.4 is 4.74 Å². The van der Waals surface area contributed by atoms with Crippen molar-refractivity contribution in [1.82, 2.24) is 0 Å². The van der Waals surface area contributed by atoms with Gasteiger partial charge in [0, 0.05) is 0 Å². The second-order valence-corrected chi connectivity index (χ2v) is 4.16. The molecule has 1 N–H and O–H groups in total. The molecule has 1 aromatic rings. The van der Waals surface area contributed by atoms with Crippen molar-refractivity contribution in [1.29, 1.82) is 0 Å². The summed E-state index contributed by atoms with van der Waals surface area (Å²) in [6.07, 6.45) is 4.02. The maximum atomic E-state index is 9.39. The highest BCUT2D eigenvalue weighted by molar-refractivity contribution is 5.38. The summed E-state index contributed by atoms with van der Waals surface area (Å²) in [6.45, 7) is 2.35. The average Bonchev–Trinajstić information content (AvgIpc) is 2.72. The molecule has 0 amide bonds. The van der Waals surface area contributed by atoms with Gasteiger partial charge in [-0.15, -0.1) is 0 Å². The van der Waals surface area contributed by atoms with E-state index < -0.39 is 0 Å². The number of aliphatic hydroxyl groups is 1. The Morgan fingerprint density at radius 2 is 2.13 bits per heavy atom. The predicted octanol–water partition coefficient (Wildman–Crippen LogP) is 2.33. The van der Waals surface area contributed by atoms with Crippen molar-refractivity contribution in [3.63, 3.8) is 0 Å². The number of benzene rings is 1. The van der Waals surface area contributed by atoms with E-state index in [1.807, 2.05) is 13.0 Å². The van der Waals surface area contributed by atoms with Crippen LogP contribution in [0.3, 0.4) is 0 Å². The van der Waals surface area contributed by atoms with Crippen molar-refractivity contribution in [2.75, 3.05) is 6.61 Å². The summed E-state index contributed by atoms with van der Waals surface area (Å²) in [5.74, 6) is 0.892. The number of rotatable bonds is 4. The number of hydrogen-bond acceptors (Lipinski definition) is 2. The van der Waals surface area contributed by atoms with Crippen molar-refractivity contribution in [2.24, 2.45) is 0 Å². The molecular weight excluding hydrogens is 188 g/mol. The zero-order valence-electron chi connectivity index (χ0n) is 9.20. The predicted molar refractivity (Wildman–Crippen MR) is 60.3 cm³/mol. The van der Waals surface area contributed by atoms with Gasteiger partial charge < -0.3 is 9.84 Å². The topological polar surface area (TPSA) is 29.5 Å². The van der Waals surface area contributed by atoms with Crippen molar-refractivity contribution in [3.8, 4) is 5.75 Å². The molecule has 0 aliphatic heterocycles. The first-order valence-electron chi connectivity index (χ1n) is 5.72. The van der Waals surface area contributed by atoms with Crippen LogP contribution in [0, 0.1) is 0 Å². The Labute approximate surface area is 90.9 Å². The molecule has 1 atom stereocenters. The molecule has 1 aliphatic carbocycles. The fourth-order valence-electron chi connectivity index (χ4n) is 1.95. The van der Waals surface area contributed by atoms with Crippen LogP contribution in [0.5, 0.6) is 5.75 Å². The van der Waals surface area contributed by atoms with E-state index in [1.165, 1.54) is 30.4 Å². The molecule has 0 aromatic heterocycles. The molecule has 0 bridgehead atoms. The Morgan fingerprint density at radius 1 is 1.33 bits per heavy atom. The molecule has 0 saturated carbocycles. The molecule has 0 spiro atoms. The van der Waals surface area contributed by atoms with Crippen LogP contribution in [0.4, 0.5) is 0 Å². The van der Waals surface area contributed by atoms with E-state index in [1.54, 1.807) is 0 Å². The van der Waals surface area contributed by atoms with Crippen molar-refractivity contribution in [3.05, 3.63) is 29.3 Å². The minimum atomic E-state index is -0.349. The number of aryl methyl sites for hydroxylation is 2. The van der Waals surface area contributed by atoms with Gasteiger partial charge in [-0.05, 0) is 48.9 Å². The standard InChI is InChI=1S/C13H18O2/c1-2-12(14)9-15-13-7-6-10-4-3-5-11(10)8-13/h6-8,12,14H,2-5,9H2,1H3. The van der Waals surface area contributed by atoms with E-state index in [-0.39, 0.29) is 6.10 Å². The molecule has 2 rings (SSSR count). The molecule has 2 nitrogen and oxygen atoms in total. The number of ether oxygens (including phenoxy) is 1. The van der Waals surface area contributed by atoms with Gasteiger partial charge in [-0.2, -0.15) is 0 Å². The van der Waals surface area contributed by atoms with Crippen LogP contribution in [0.15, 0.2) is 18.2 Å². The van der Waals surface area contributed by atoms with Crippen LogP contribution >= 0.6 is 0 Å². The smallest absolute Gasteiger partial charge is 0.119 e. The molecule has 1 aromatic carbocycles. The van der Waals surface area contributed by atoms with Crippen LogP contribution in [-0.2, 0) is 12.8 Å². The Hall–Kier alpha value is -1.02. The Morgan fingerprint density at radius 3 is 2.93 bits per heavy atom. The van der Waals surface area contributed by atoms with Crippen molar-refractivity contribution >= 4 is 0 Å². The van der Waals surface area contributed by atoms with E-state index in [0.29, 0.717) is 6.61 Å². The quantitative estimate of drug-likeness (QED) is 0.819. The number of hydrogen-bond donors (Lipinski definition) is 1. The first kappa shape index (κ1) is 10.5. The molecule has 2 heteroatoms. The monoisotopic (exact) mass is 206 g/mol. The summed E-state index contributed by atoms with van der Waals surface area (Å²) in [5.41, 5.74) is 2.87. The summed E-state index contributed by atoms with van der Waals surface area (Å²) in [7, 11) is 0. The third-order valence-corrected chi connectivity index (χ3v) is 2.98. The van der Waals surface area contributed by atoms with Crippen LogP contribution in [-0.4, -0.2) is 17.8 Å². The van der Waals surface area contributed by atoms with E-state index in [2.05, 4.69) is 12.1 Å². The first-order valence-corrected chi connectivity index (χ1v) is 5.72. The lowest BCUT2D eigenvalue weighted by Gasteiger charge is -2.11. The lowest BCUT2D eigenvalue weighted by Crippen LogP contribution is -2.16. The second-order valence-electron chi connectivity index (χ2n) is 4.16. The number of fused-ring (bicyclic) bond motifs is 1. The third kappa shape index (κ3) is 2.51. The van der Waals surface area contributed by atoms with Crippen molar-refractivity contribution < 1.29 is 9.84 Å². The highest BCUT2D eigenvalue weighted by Crippen LogP contribution is 2.26. The normalized spacial score (nSPS) is 16.1. The Bertz CT molecular complexity index is 333. The molecule has 1 unspecified atom stereocenters. The average molecular weight is 206 g/mol. The summed E-state index contributed by atoms with van der Waals surface area (Å²) < 4.78 is 5.53. The van der Waals surface area contributed by atoms with Gasteiger partial charge in [0.05, 0.1) is 6.10 Å². The van der Waals surface area contributed by atoms with Gasteiger partial charge in [0.2, 0.25) is 0 Å². The van der Waals surface area contributed by atoms with Gasteiger partial charge >= 0.3 is 0 Å². The van der Waals surface area contributed by atoms with Gasteiger partial charge in [0.15, 0.2) is 0 Å². The largest absolute Gasteiger partial charge is 0.491 e. The summed E-state index contributed by atoms with van der Waals surface area (Å²) in [5, 5.41) is 9.39. The van der Waals surface area contributed by atoms with Crippen LogP contribution in [0.1, 0.15) is 30.9 Å². The minimum Gasteiger partial charge on any atom is -0.491 e. The maximum Gasteiger partial charge on any atom is 0.119 e.